The standard InChI is InChI=1S/C30H31N5O6/c1-19(36)34(24(17-26(37)38)23-11-7-8-12-25(23)41-3)35-28(39)30(2,22-15-13-21(14-16-22)27(31)32)33(29(35)40)18-20-9-5-4-6-10-20/h4-16,24H,17-18H2,1-3H3,(H3,31,32)(H,37,38). The van der Waals surface area contributed by atoms with Crippen molar-refractivity contribution in [2.24, 2.45) is 5.73 Å². The van der Waals surface area contributed by atoms with E-state index in [2.05, 4.69) is 0 Å². The topological polar surface area (TPSA) is 157 Å². The number of hydrogen-bond acceptors (Lipinski definition) is 6. The maximum Gasteiger partial charge on any atom is 0.347 e. The number of nitrogen functional groups attached to an aromatic ring is 1. The van der Waals surface area contributed by atoms with E-state index in [0.29, 0.717) is 22.4 Å². The van der Waals surface area contributed by atoms with Gasteiger partial charge in [-0.05, 0) is 24.1 Å². The number of urea groups is 1. The smallest absolute Gasteiger partial charge is 0.347 e. The van der Waals surface area contributed by atoms with Crippen LogP contribution >= 0.6 is 0 Å². The number of nitrogens with zero attached hydrogens (tertiary/aromatic N) is 3. The highest BCUT2D eigenvalue weighted by molar-refractivity contribution is 6.08. The Morgan fingerprint density at radius 1 is 1.02 bits per heavy atom. The fourth-order valence-electron chi connectivity index (χ4n) is 5.08. The summed E-state index contributed by atoms with van der Waals surface area (Å²) in [6.45, 7) is 2.77. The highest BCUT2D eigenvalue weighted by Gasteiger charge is 2.58. The van der Waals surface area contributed by atoms with Crippen LogP contribution in [-0.4, -0.2) is 56.8 Å². The number of carbonyl (C=O) groups is 4. The van der Waals surface area contributed by atoms with Gasteiger partial charge in [-0.3, -0.25) is 24.7 Å². The lowest BCUT2D eigenvalue weighted by molar-refractivity contribution is -0.162. The highest BCUT2D eigenvalue weighted by Crippen LogP contribution is 2.42. The van der Waals surface area contributed by atoms with E-state index in [0.717, 1.165) is 15.6 Å². The molecule has 4 rings (SSSR count). The number of rotatable bonds is 10. The van der Waals surface area contributed by atoms with Gasteiger partial charge in [0.05, 0.1) is 19.6 Å². The zero-order chi connectivity index (χ0) is 29.9. The van der Waals surface area contributed by atoms with Gasteiger partial charge in [-0.2, -0.15) is 5.01 Å². The number of nitrogens with two attached hydrogens (primary N) is 1. The number of carboxylic acid groups (broad SMARTS) is 1. The van der Waals surface area contributed by atoms with E-state index in [-0.39, 0.29) is 12.4 Å². The van der Waals surface area contributed by atoms with Crippen LogP contribution in [0.25, 0.3) is 0 Å². The molecule has 0 radical (unpaired) electrons. The summed E-state index contributed by atoms with van der Waals surface area (Å²) in [6.07, 6.45) is -0.597. The van der Waals surface area contributed by atoms with E-state index in [9.17, 15) is 24.3 Å². The minimum atomic E-state index is -1.59. The maximum atomic E-state index is 14.4. The summed E-state index contributed by atoms with van der Waals surface area (Å²) in [4.78, 5) is 55.2. The van der Waals surface area contributed by atoms with Gasteiger partial charge in [0, 0.05) is 24.6 Å². The Kier molecular flexibility index (Phi) is 8.08. The van der Waals surface area contributed by atoms with Crippen LogP contribution in [0.4, 0.5) is 4.79 Å². The lowest BCUT2D eigenvalue weighted by Crippen LogP contribution is -2.52. The van der Waals surface area contributed by atoms with Crippen LogP contribution in [-0.2, 0) is 26.5 Å². The number of nitrogens with one attached hydrogen (secondary N) is 1. The van der Waals surface area contributed by atoms with Crippen molar-refractivity contribution < 1.29 is 29.0 Å². The van der Waals surface area contributed by atoms with Gasteiger partial charge in [0.25, 0.3) is 5.91 Å². The van der Waals surface area contributed by atoms with E-state index in [1.165, 1.54) is 18.9 Å². The largest absolute Gasteiger partial charge is 0.496 e. The predicted octanol–water partition coefficient (Wildman–Crippen LogP) is 3.64. The molecule has 3 aromatic carbocycles. The van der Waals surface area contributed by atoms with Crippen molar-refractivity contribution in [3.05, 3.63) is 101 Å². The first-order chi connectivity index (χ1) is 19.5. The molecular formula is C30H31N5O6. The molecule has 4 amide bonds. The van der Waals surface area contributed by atoms with Gasteiger partial charge < -0.3 is 15.6 Å². The van der Waals surface area contributed by atoms with Gasteiger partial charge in [-0.15, -0.1) is 0 Å². The molecule has 1 aliphatic heterocycles. The first-order valence-electron chi connectivity index (χ1n) is 12.8. The summed E-state index contributed by atoms with van der Waals surface area (Å²) in [7, 11) is 1.41. The molecule has 1 fully saturated rings. The van der Waals surface area contributed by atoms with E-state index < -0.39 is 41.8 Å². The second-order valence-electron chi connectivity index (χ2n) is 9.75. The number of hydrazine groups is 1. The second kappa shape index (κ2) is 11.5. The molecule has 11 heteroatoms. The molecule has 1 aliphatic rings. The highest BCUT2D eigenvalue weighted by atomic mass is 16.5. The van der Waals surface area contributed by atoms with Crippen molar-refractivity contribution in [3.8, 4) is 5.75 Å². The number of para-hydroxylation sites is 1. The molecular weight excluding hydrogens is 526 g/mol. The lowest BCUT2D eigenvalue weighted by atomic mass is 9.89. The Morgan fingerprint density at radius 3 is 2.20 bits per heavy atom. The van der Waals surface area contributed by atoms with Gasteiger partial charge in [-0.25, -0.2) is 9.80 Å². The average Bonchev–Trinajstić information content (AvgIpc) is 3.14. The summed E-state index contributed by atoms with van der Waals surface area (Å²) in [5.74, 6) is -2.55. The van der Waals surface area contributed by atoms with Crippen molar-refractivity contribution in [2.75, 3.05) is 7.11 Å². The van der Waals surface area contributed by atoms with Crippen LogP contribution in [0.2, 0.25) is 0 Å². The molecule has 2 unspecified atom stereocenters. The number of aliphatic carboxylic acids is 1. The average molecular weight is 558 g/mol. The van der Waals surface area contributed by atoms with E-state index in [4.69, 9.17) is 15.9 Å². The Labute approximate surface area is 237 Å². The minimum absolute atomic E-state index is 0.0247. The van der Waals surface area contributed by atoms with Gasteiger partial charge >= 0.3 is 12.0 Å². The normalized spacial score (nSPS) is 17.3. The number of benzene rings is 3. The second-order valence-corrected chi connectivity index (χ2v) is 9.75. The molecule has 212 valence electrons. The van der Waals surface area contributed by atoms with Crippen molar-refractivity contribution in [3.63, 3.8) is 0 Å². The van der Waals surface area contributed by atoms with Crippen LogP contribution in [0.5, 0.6) is 5.75 Å². The number of carboxylic acids is 1. The Morgan fingerprint density at radius 2 is 1.63 bits per heavy atom. The van der Waals surface area contributed by atoms with Gasteiger partial charge in [0.2, 0.25) is 5.91 Å². The summed E-state index contributed by atoms with van der Waals surface area (Å²) >= 11 is 0. The zero-order valence-electron chi connectivity index (χ0n) is 22.9. The summed E-state index contributed by atoms with van der Waals surface area (Å²) in [5, 5.41) is 19.2. The van der Waals surface area contributed by atoms with E-state index >= 15 is 0 Å². The molecule has 0 saturated carbocycles. The van der Waals surface area contributed by atoms with E-state index in [1.807, 2.05) is 18.2 Å². The fraction of sp³-hybridized carbons (Fsp3) is 0.233. The Bertz CT molecular complexity index is 1490. The van der Waals surface area contributed by atoms with Crippen molar-refractivity contribution in [1.29, 1.82) is 5.41 Å². The van der Waals surface area contributed by atoms with Gasteiger partial charge in [0.15, 0.2) is 0 Å². The van der Waals surface area contributed by atoms with Crippen LogP contribution in [0.3, 0.4) is 0 Å². The number of ether oxygens (including phenoxy) is 1. The number of methoxy groups -OCH3 is 1. The van der Waals surface area contributed by atoms with Crippen LogP contribution < -0.4 is 10.5 Å². The molecule has 0 spiro atoms. The molecule has 11 nitrogen and oxygen atoms in total. The summed E-state index contributed by atoms with van der Waals surface area (Å²) in [6, 6.07) is 19.9. The first-order valence-corrected chi connectivity index (χ1v) is 12.8. The summed E-state index contributed by atoms with van der Waals surface area (Å²) in [5.41, 5.74) is 5.94. The molecule has 0 bridgehead atoms. The third-order valence-electron chi connectivity index (χ3n) is 7.20. The zero-order valence-corrected chi connectivity index (χ0v) is 22.9. The Balaban J connectivity index is 1.89. The lowest BCUT2D eigenvalue weighted by Gasteiger charge is -2.36. The molecule has 2 atom stereocenters. The van der Waals surface area contributed by atoms with Crippen LogP contribution in [0, 0.1) is 5.41 Å². The molecule has 4 N–H and O–H groups in total. The molecule has 41 heavy (non-hydrogen) atoms. The maximum absolute atomic E-state index is 14.4. The third-order valence-corrected chi connectivity index (χ3v) is 7.20. The number of hydrogen-bond donors (Lipinski definition) is 3. The molecule has 3 aromatic rings. The SMILES string of the molecule is COc1ccccc1C(CC(=O)O)N(C(C)=O)N1C(=O)N(Cc2ccccc2)C(C)(c2ccc(C(=N)N)cc2)C1=O. The quantitative estimate of drug-likeness (QED) is 0.195. The number of imide groups is 1. The van der Waals surface area contributed by atoms with Gasteiger partial charge in [0.1, 0.15) is 17.1 Å². The molecule has 0 aliphatic carbocycles. The van der Waals surface area contributed by atoms with Gasteiger partial charge in [-0.1, -0.05) is 72.8 Å². The fourth-order valence-corrected chi connectivity index (χ4v) is 5.08. The predicted molar refractivity (Wildman–Crippen MR) is 150 cm³/mol. The molecule has 1 heterocycles. The molecule has 0 aromatic heterocycles. The molecule has 1 saturated heterocycles. The number of amides is 4. The Hall–Kier alpha value is -5.19. The van der Waals surface area contributed by atoms with E-state index in [1.54, 1.807) is 67.6 Å². The van der Waals surface area contributed by atoms with Crippen LogP contribution in [0.1, 0.15) is 48.6 Å². The number of carbonyl (C=O) groups excluding carboxylic acids is 3. The van der Waals surface area contributed by atoms with Crippen molar-refractivity contribution >= 4 is 29.7 Å². The van der Waals surface area contributed by atoms with Crippen LogP contribution in [0.15, 0.2) is 78.9 Å². The minimum Gasteiger partial charge on any atom is -0.496 e. The monoisotopic (exact) mass is 557 g/mol. The number of amidine groups is 1. The summed E-state index contributed by atoms with van der Waals surface area (Å²) < 4.78 is 5.44. The first kappa shape index (κ1) is 28.8. The van der Waals surface area contributed by atoms with Crippen molar-refractivity contribution in [1.82, 2.24) is 14.9 Å². The van der Waals surface area contributed by atoms with Crippen molar-refractivity contribution in [2.45, 2.75) is 38.4 Å². The third kappa shape index (κ3) is 5.33.